The fourth-order valence-corrected chi connectivity index (χ4v) is 2.46. The molecule has 0 aromatic carbocycles. The quantitative estimate of drug-likeness (QED) is 0.513. The smallest absolute Gasteiger partial charge is 0.242 e. The van der Waals surface area contributed by atoms with Crippen LogP contribution in [0.5, 0.6) is 5.88 Å². The van der Waals surface area contributed by atoms with Gasteiger partial charge in [-0.25, -0.2) is 9.97 Å². The minimum absolute atomic E-state index is 0.159. The Balaban J connectivity index is 2.13. The summed E-state index contributed by atoms with van der Waals surface area (Å²) in [6.45, 7) is 1.11. The zero-order valence-corrected chi connectivity index (χ0v) is 10.6. The van der Waals surface area contributed by atoms with E-state index < -0.39 is 30.6 Å². The van der Waals surface area contributed by atoms with Gasteiger partial charge in [-0.3, -0.25) is 4.57 Å². The fraction of sp³-hybridized carbons (Fsp3) is 0.545. The van der Waals surface area contributed by atoms with Crippen molar-refractivity contribution in [2.45, 2.75) is 31.0 Å². The Morgan fingerprint density at radius 1 is 1.35 bits per heavy atom. The molecule has 4 N–H and O–H groups in total. The Kier molecular flexibility index (Phi) is 2.87. The van der Waals surface area contributed by atoms with E-state index in [0.717, 1.165) is 6.33 Å². The molecule has 0 saturated carbocycles. The summed E-state index contributed by atoms with van der Waals surface area (Å²) in [5.41, 5.74) is -0.946. The number of ether oxygens (including phenoxy) is 1. The first kappa shape index (κ1) is 13.2. The van der Waals surface area contributed by atoms with Crippen LogP contribution in [0, 0.1) is 0 Å². The first-order valence-corrected chi connectivity index (χ1v) is 6.01. The summed E-state index contributed by atoms with van der Waals surface area (Å²) in [6, 6.07) is 0. The molecule has 3 rings (SSSR count). The molecule has 20 heavy (non-hydrogen) atoms. The lowest BCUT2D eigenvalue weighted by Crippen LogP contribution is -2.43. The van der Waals surface area contributed by atoms with Crippen LogP contribution in [-0.4, -0.2) is 64.9 Å². The number of nitrogens with zero attached hydrogens (tertiary/aromatic N) is 4. The van der Waals surface area contributed by atoms with Gasteiger partial charge < -0.3 is 25.2 Å². The molecule has 2 aromatic heterocycles. The van der Waals surface area contributed by atoms with Gasteiger partial charge in [0.1, 0.15) is 24.6 Å². The van der Waals surface area contributed by atoms with Crippen LogP contribution in [0.25, 0.3) is 11.2 Å². The predicted molar refractivity (Wildman–Crippen MR) is 64.6 cm³/mol. The van der Waals surface area contributed by atoms with Crippen molar-refractivity contribution >= 4 is 11.2 Å². The number of rotatable bonds is 2. The lowest BCUT2D eigenvalue weighted by Gasteiger charge is -2.29. The molecular weight excluding hydrogens is 268 g/mol. The van der Waals surface area contributed by atoms with Crippen LogP contribution < -0.4 is 0 Å². The predicted octanol–water partition coefficient (Wildman–Crippen LogP) is -1.68. The molecular formula is C11H14N4O5. The van der Waals surface area contributed by atoms with Gasteiger partial charge in [-0.15, -0.1) is 0 Å². The van der Waals surface area contributed by atoms with Gasteiger partial charge in [0.25, 0.3) is 0 Å². The SMILES string of the molecule is C[C@@]1(n2cnc3c(O)ncnc32)O[C@H](CO)[C@@H](O)[C@H]1O. The van der Waals surface area contributed by atoms with Crippen LogP contribution >= 0.6 is 0 Å². The Morgan fingerprint density at radius 2 is 2.10 bits per heavy atom. The minimum Gasteiger partial charge on any atom is -0.492 e. The van der Waals surface area contributed by atoms with E-state index in [1.54, 1.807) is 0 Å². The number of aromatic hydroxyl groups is 1. The number of imidazole rings is 1. The second-order valence-corrected chi connectivity index (χ2v) is 4.81. The molecule has 0 unspecified atom stereocenters. The normalized spacial score (nSPS) is 33.9. The molecule has 1 aliphatic rings. The number of hydrogen-bond donors (Lipinski definition) is 4. The highest BCUT2D eigenvalue weighted by Crippen LogP contribution is 2.37. The molecule has 4 atom stereocenters. The number of aliphatic hydroxyl groups is 3. The molecule has 0 amide bonds. The Labute approximate surface area is 113 Å². The first-order valence-electron chi connectivity index (χ1n) is 6.01. The molecule has 9 nitrogen and oxygen atoms in total. The van der Waals surface area contributed by atoms with Crippen LogP contribution in [0.3, 0.4) is 0 Å². The molecule has 108 valence electrons. The van der Waals surface area contributed by atoms with Crippen LogP contribution in [0.1, 0.15) is 6.92 Å². The van der Waals surface area contributed by atoms with Gasteiger partial charge in [0.15, 0.2) is 16.9 Å². The second-order valence-electron chi connectivity index (χ2n) is 4.81. The number of fused-ring (bicyclic) bond motifs is 1. The topological polar surface area (TPSA) is 134 Å². The second kappa shape index (κ2) is 4.35. The molecule has 0 aliphatic carbocycles. The van der Waals surface area contributed by atoms with Gasteiger partial charge in [-0.1, -0.05) is 0 Å². The largest absolute Gasteiger partial charge is 0.492 e. The maximum absolute atomic E-state index is 10.2. The van der Waals surface area contributed by atoms with Crippen LogP contribution in [0.2, 0.25) is 0 Å². The monoisotopic (exact) mass is 282 g/mol. The van der Waals surface area contributed by atoms with E-state index in [1.807, 2.05) is 0 Å². The summed E-state index contributed by atoms with van der Waals surface area (Å²) in [7, 11) is 0. The maximum Gasteiger partial charge on any atom is 0.242 e. The third-order valence-corrected chi connectivity index (χ3v) is 3.62. The third kappa shape index (κ3) is 1.61. The van der Waals surface area contributed by atoms with Crippen LogP contribution in [0.15, 0.2) is 12.7 Å². The number of hydrogen-bond acceptors (Lipinski definition) is 8. The van der Waals surface area contributed by atoms with Gasteiger partial charge in [0.05, 0.1) is 12.9 Å². The van der Waals surface area contributed by atoms with Crippen molar-refractivity contribution in [2.24, 2.45) is 0 Å². The van der Waals surface area contributed by atoms with Crippen molar-refractivity contribution in [2.75, 3.05) is 6.61 Å². The van der Waals surface area contributed by atoms with Crippen molar-refractivity contribution in [1.82, 2.24) is 19.5 Å². The molecule has 9 heteroatoms. The van der Waals surface area contributed by atoms with Gasteiger partial charge in [0, 0.05) is 0 Å². The fourth-order valence-electron chi connectivity index (χ4n) is 2.46. The molecule has 1 fully saturated rings. The summed E-state index contributed by atoms with van der Waals surface area (Å²) in [4.78, 5) is 11.6. The van der Waals surface area contributed by atoms with Crippen LogP contribution in [0.4, 0.5) is 0 Å². The summed E-state index contributed by atoms with van der Waals surface area (Å²) in [5.74, 6) is -0.288. The van der Waals surface area contributed by atoms with Gasteiger partial charge in [0.2, 0.25) is 5.88 Å². The Hall–Kier alpha value is -1.81. The van der Waals surface area contributed by atoms with E-state index in [0.29, 0.717) is 0 Å². The lowest BCUT2D eigenvalue weighted by molar-refractivity contribution is -0.132. The Morgan fingerprint density at radius 3 is 2.75 bits per heavy atom. The molecule has 1 saturated heterocycles. The molecule has 1 aliphatic heterocycles. The van der Waals surface area contributed by atoms with Crippen molar-refractivity contribution in [3.8, 4) is 5.88 Å². The average molecular weight is 282 g/mol. The van der Waals surface area contributed by atoms with Gasteiger partial charge in [-0.05, 0) is 6.92 Å². The third-order valence-electron chi connectivity index (χ3n) is 3.62. The van der Waals surface area contributed by atoms with Gasteiger partial charge >= 0.3 is 0 Å². The van der Waals surface area contributed by atoms with E-state index in [9.17, 15) is 15.3 Å². The summed E-state index contributed by atoms with van der Waals surface area (Å²) >= 11 is 0. The zero-order chi connectivity index (χ0) is 14.5. The highest BCUT2D eigenvalue weighted by Gasteiger charge is 2.52. The molecule has 3 heterocycles. The molecule has 0 bridgehead atoms. The number of aromatic nitrogens is 4. The van der Waals surface area contributed by atoms with E-state index >= 15 is 0 Å². The van der Waals surface area contributed by atoms with Crippen molar-refractivity contribution in [3.63, 3.8) is 0 Å². The zero-order valence-electron chi connectivity index (χ0n) is 10.6. The van der Waals surface area contributed by atoms with E-state index in [2.05, 4.69) is 15.0 Å². The number of aliphatic hydroxyl groups excluding tert-OH is 3. The lowest BCUT2D eigenvalue weighted by atomic mass is 10.0. The van der Waals surface area contributed by atoms with Crippen molar-refractivity contribution in [1.29, 1.82) is 0 Å². The average Bonchev–Trinajstić information content (AvgIpc) is 2.96. The summed E-state index contributed by atoms with van der Waals surface area (Å²) < 4.78 is 6.94. The van der Waals surface area contributed by atoms with Crippen molar-refractivity contribution in [3.05, 3.63) is 12.7 Å². The first-order chi connectivity index (χ1) is 9.49. The van der Waals surface area contributed by atoms with E-state index in [4.69, 9.17) is 9.84 Å². The Bertz CT molecular complexity index is 647. The molecule has 0 spiro atoms. The summed E-state index contributed by atoms with van der Waals surface area (Å²) in [6.07, 6.45) is -0.954. The highest BCUT2D eigenvalue weighted by molar-refractivity contribution is 5.75. The standard InChI is InChI=1S/C11H14N4O5/c1-11(8(18)7(17)5(2-16)20-11)15-4-14-6-9(15)12-3-13-10(6)19/h3-5,7-8,16-18H,2H2,1H3,(H,12,13,19)/t5-,7-,8-,11-/m1/s1. The van der Waals surface area contributed by atoms with Crippen LogP contribution in [-0.2, 0) is 10.5 Å². The maximum atomic E-state index is 10.2. The van der Waals surface area contributed by atoms with E-state index in [-0.39, 0.29) is 17.0 Å². The molecule has 0 radical (unpaired) electrons. The van der Waals surface area contributed by atoms with Crippen molar-refractivity contribution < 1.29 is 25.2 Å². The summed E-state index contributed by atoms with van der Waals surface area (Å²) in [5, 5.41) is 38.8. The molecule has 2 aromatic rings. The van der Waals surface area contributed by atoms with Gasteiger partial charge in [-0.2, -0.15) is 4.98 Å². The highest BCUT2D eigenvalue weighted by atomic mass is 16.6. The minimum atomic E-state index is -1.36. The van der Waals surface area contributed by atoms with E-state index in [1.165, 1.54) is 17.8 Å².